The molecule has 0 atom stereocenters. The van der Waals surface area contributed by atoms with E-state index in [0.29, 0.717) is 22.4 Å². The number of H-pyrrole nitrogens is 1. The number of ether oxygens (including phenoxy) is 1. The summed E-state index contributed by atoms with van der Waals surface area (Å²) in [5, 5.41) is 6.07. The molecule has 6 nitrogen and oxygen atoms in total. The average Bonchev–Trinajstić information content (AvgIpc) is 2.59. The van der Waals surface area contributed by atoms with Crippen LogP contribution in [-0.4, -0.2) is 18.6 Å². The highest BCUT2D eigenvalue weighted by Crippen LogP contribution is 2.29. The first-order valence-electron chi connectivity index (χ1n) is 7.25. The SMILES string of the molecule is O=c1[nH]ncc(-c2ccc(C[SH](=O)=O)cc2)c1Oc1ccc(F)cc1. The first-order chi connectivity index (χ1) is 12.0. The van der Waals surface area contributed by atoms with Crippen molar-refractivity contribution >= 4 is 10.7 Å². The van der Waals surface area contributed by atoms with Gasteiger partial charge in [0.25, 0.3) is 0 Å². The van der Waals surface area contributed by atoms with Crippen LogP contribution in [0.5, 0.6) is 11.5 Å². The van der Waals surface area contributed by atoms with E-state index in [0.717, 1.165) is 0 Å². The van der Waals surface area contributed by atoms with Gasteiger partial charge in [-0.2, -0.15) is 5.10 Å². The molecule has 1 heterocycles. The number of benzene rings is 2. The maximum atomic E-state index is 13.0. The molecule has 3 rings (SSSR count). The lowest BCUT2D eigenvalue weighted by atomic mass is 10.1. The van der Waals surface area contributed by atoms with Crippen LogP contribution in [0.3, 0.4) is 0 Å². The summed E-state index contributed by atoms with van der Waals surface area (Å²) >= 11 is 0. The topological polar surface area (TPSA) is 89.1 Å². The van der Waals surface area contributed by atoms with Gasteiger partial charge in [0.15, 0.2) is 0 Å². The predicted octanol–water partition coefficient (Wildman–Crippen LogP) is 2.48. The van der Waals surface area contributed by atoms with Gasteiger partial charge in [-0.1, -0.05) is 24.3 Å². The lowest BCUT2D eigenvalue weighted by Gasteiger charge is -2.10. The van der Waals surface area contributed by atoms with Crippen LogP contribution in [0.25, 0.3) is 11.1 Å². The maximum absolute atomic E-state index is 13.0. The summed E-state index contributed by atoms with van der Waals surface area (Å²) in [6.07, 6.45) is 1.43. The Hall–Kier alpha value is -3.00. The van der Waals surface area contributed by atoms with E-state index in [4.69, 9.17) is 4.74 Å². The Labute approximate surface area is 143 Å². The van der Waals surface area contributed by atoms with Gasteiger partial charge in [0.2, 0.25) is 5.75 Å². The Kier molecular flexibility index (Phi) is 4.90. The minimum atomic E-state index is -2.51. The monoisotopic (exact) mass is 360 g/mol. The van der Waals surface area contributed by atoms with Crippen LogP contribution in [0.15, 0.2) is 59.5 Å². The largest absolute Gasteiger partial charge is 0.451 e. The quantitative estimate of drug-likeness (QED) is 0.683. The van der Waals surface area contributed by atoms with Crippen molar-refractivity contribution in [2.45, 2.75) is 5.75 Å². The van der Waals surface area contributed by atoms with Crippen molar-refractivity contribution in [2.75, 3.05) is 0 Å². The van der Waals surface area contributed by atoms with Crippen LogP contribution in [0.2, 0.25) is 0 Å². The van der Waals surface area contributed by atoms with Crippen LogP contribution < -0.4 is 10.3 Å². The predicted molar refractivity (Wildman–Crippen MR) is 90.8 cm³/mol. The summed E-state index contributed by atoms with van der Waals surface area (Å²) in [7, 11) is -2.51. The molecular formula is C17H13FN2O4S. The highest BCUT2D eigenvalue weighted by atomic mass is 32.2. The van der Waals surface area contributed by atoms with Gasteiger partial charge in [-0.05, 0) is 35.4 Å². The Bertz CT molecular complexity index is 1000. The third-order valence-corrected chi connectivity index (χ3v) is 4.04. The Morgan fingerprint density at radius 2 is 1.72 bits per heavy atom. The molecule has 0 amide bonds. The number of rotatable bonds is 5. The molecule has 25 heavy (non-hydrogen) atoms. The summed E-state index contributed by atoms with van der Waals surface area (Å²) in [6, 6.07) is 11.9. The van der Waals surface area contributed by atoms with Gasteiger partial charge in [-0.3, -0.25) is 4.79 Å². The molecule has 1 N–H and O–H groups in total. The van der Waals surface area contributed by atoms with Gasteiger partial charge >= 0.3 is 5.56 Å². The number of halogens is 1. The van der Waals surface area contributed by atoms with Crippen LogP contribution in [0.1, 0.15) is 5.56 Å². The standard InChI is InChI=1S/C17H13FN2O4S/c18-13-5-7-14(8-6-13)24-16-15(9-19-20-17(16)21)12-3-1-11(2-4-12)10-25(22)23/h1-9,25H,10H2,(H,20,21). The van der Waals surface area contributed by atoms with Gasteiger partial charge in [-0.15, -0.1) is 0 Å². The highest BCUT2D eigenvalue weighted by molar-refractivity contribution is 7.71. The summed E-state index contributed by atoms with van der Waals surface area (Å²) in [6.45, 7) is 0. The normalized spacial score (nSPS) is 10.8. The molecule has 0 aliphatic heterocycles. The number of hydrogen-bond acceptors (Lipinski definition) is 5. The molecule has 8 heteroatoms. The second-order valence-electron chi connectivity index (χ2n) is 5.19. The Morgan fingerprint density at radius 1 is 1.04 bits per heavy atom. The van der Waals surface area contributed by atoms with Crippen LogP contribution >= 0.6 is 0 Å². The molecule has 0 unspecified atom stereocenters. The van der Waals surface area contributed by atoms with Crippen molar-refractivity contribution in [3.63, 3.8) is 0 Å². The number of thiol groups is 1. The number of aromatic amines is 1. The molecule has 3 aromatic rings. The number of nitrogens with one attached hydrogen (secondary N) is 1. The molecule has 0 saturated carbocycles. The minimum absolute atomic E-state index is 0.0178. The molecule has 0 radical (unpaired) electrons. The number of aromatic nitrogens is 2. The van der Waals surface area contributed by atoms with E-state index in [1.54, 1.807) is 24.3 Å². The lowest BCUT2D eigenvalue weighted by molar-refractivity contribution is 0.472. The maximum Gasteiger partial charge on any atom is 0.307 e. The van der Waals surface area contributed by atoms with E-state index in [2.05, 4.69) is 10.2 Å². The van der Waals surface area contributed by atoms with Crippen molar-refractivity contribution in [1.29, 1.82) is 0 Å². The van der Waals surface area contributed by atoms with Crippen molar-refractivity contribution in [3.05, 3.63) is 76.5 Å². The number of hydrogen-bond donors (Lipinski definition) is 2. The second-order valence-corrected chi connectivity index (χ2v) is 6.17. The average molecular weight is 360 g/mol. The molecule has 0 aliphatic carbocycles. The third-order valence-electron chi connectivity index (χ3n) is 3.42. The van der Waals surface area contributed by atoms with Crippen LogP contribution in [-0.2, 0) is 16.5 Å². The lowest BCUT2D eigenvalue weighted by Crippen LogP contribution is -2.11. The molecule has 0 spiro atoms. The van der Waals surface area contributed by atoms with Crippen molar-refractivity contribution in [2.24, 2.45) is 0 Å². The van der Waals surface area contributed by atoms with Gasteiger partial charge < -0.3 is 4.74 Å². The molecule has 128 valence electrons. The van der Waals surface area contributed by atoms with E-state index in [9.17, 15) is 17.6 Å². The zero-order chi connectivity index (χ0) is 17.8. The summed E-state index contributed by atoms with van der Waals surface area (Å²) in [5.74, 6) is -0.144. The fourth-order valence-corrected chi connectivity index (χ4v) is 2.76. The fraction of sp³-hybridized carbons (Fsp3) is 0.0588. The Balaban J connectivity index is 1.98. The molecule has 0 aliphatic rings. The van der Waals surface area contributed by atoms with Crippen LogP contribution in [0, 0.1) is 5.82 Å². The molecule has 0 bridgehead atoms. The van der Waals surface area contributed by atoms with Gasteiger partial charge in [0.05, 0.1) is 17.5 Å². The second kappa shape index (κ2) is 7.27. The Morgan fingerprint density at radius 3 is 2.36 bits per heavy atom. The fourth-order valence-electron chi connectivity index (χ4n) is 2.25. The van der Waals surface area contributed by atoms with E-state index in [1.807, 2.05) is 0 Å². The van der Waals surface area contributed by atoms with Gasteiger partial charge in [-0.25, -0.2) is 17.9 Å². The number of nitrogens with zero attached hydrogens (tertiary/aromatic N) is 1. The van der Waals surface area contributed by atoms with E-state index in [1.165, 1.54) is 30.5 Å². The molecule has 2 aromatic carbocycles. The van der Waals surface area contributed by atoms with E-state index < -0.39 is 22.1 Å². The third kappa shape index (κ3) is 4.10. The van der Waals surface area contributed by atoms with Crippen LogP contribution in [0.4, 0.5) is 4.39 Å². The van der Waals surface area contributed by atoms with Crippen molar-refractivity contribution < 1.29 is 17.5 Å². The van der Waals surface area contributed by atoms with Crippen molar-refractivity contribution in [3.8, 4) is 22.6 Å². The molecular weight excluding hydrogens is 347 g/mol. The first kappa shape index (κ1) is 16.8. The molecule has 0 saturated heterocycles. The zero-order valence-corrected chi connectivity index (χ0v) is 13.7. The smallest absolute Gasteiger partial charge is 0.307 e. The van der Waals surface area contributed by atoms with Crippen molar-refractivity contribution in [1.82, 2.24) is 10.2 Å². The summed E-state index contributed by atoms with van der Waals surface area (Å²) < 4.78 is 40.2. The summed E-state index contributed by atoms with van der Waals surface area (Å²) in [5.41, 5.74) is 1.18. The van der Waals surface area contributed by atoms with E-state index in [-0.39, 0.29) is 11.5 Å². The van der Waals surface area contributed by atoms with Gasteiger partial charge in [0, 0.05) is 0 Å². The first-order valence-corrected chi connectivity index (χ1v) is 8.61. The zero-order valence-electron chi connectivity index (χ0n) is 12.8. The highest BCUT2D eigenvalue weighted by Gasteiger charge is 2.13. The summed E-state index contributed by atoms with van der Waals surface area (Å²) in [4.78, 5) is 12.1. The minimum Gasteiger partial charge on any atom is -0.451 e. The molecule has 0 fully saturated rings. The van der Waals surface area contributed by atoms with Gasteiger partial charge in [0.1, 0.15) is 22.3 Å². The van der Waals surface area contributed by atoms with E-state index >= 15 is 0 Å². The molecule has 1 aromatic heterocycles.